The molecule has 0 amide bonds. The van der Waals surface area contributed by atoms with Crippen molar-refractivity contribution in [1.29, 1.82) is 0 Å². The zero-order chi connectivity index (χ0) is 14.9. The van der Waals surface area contributed by atoms with Crippen molar-refractivity contribution in [3.63, 3.8) is 0 Å². The molecule has 0 aromatic carbocycles. The van der Waals surface area contributed by atoms with Crippen molar-refractivity contribution in [2.75, 3.05) is 20.4 Å². The molecule has 0 aliphatic heterocycles. The van der Waals surface area contributed by atoms with Gasteiger partial charge in [0.1, 0.15) is 11.9 Å². The van der Waals surface area contributed by atoms with Gasteiger partial charge in [0.2, 0.25) is 0 Å². The monoisotopic (exact) mass is 294 g/mol. The number of Topliss-reactive ketones (excluding diaryl/α,β-unsaturated/α-hetero) is 1. The molecule has 0 unspecified atom stereocenters. The summed E-state index contributed by atoms with van der Waals surface area (Å²) in [7, 11) is -0.766. The van der Waals surface area contributed by atoms with Gasteiger partial charge in [-0.3, -0.25) is 14.2 Å². The summed E-state index contributed by atoms with van der Waals surface area (Å²) >= 11 is 0. The van der Waals surface area contributed by atoms with Gasteiger partial charge in [-0.2, -0.15) is 0 Å². The van der Waals surface area contributed by atoms with E-state index in [1.54, 1.807) is 13.8 Å². The van der Waals surface area contributed by atoms with E-state index in [4.69, 9.17) is 4.74 Å². The van der Waals surface area contributed by atoms with E-state index in [0.29, 0.717) is 12.8 Å². The van der Waals surface area contributed by atoms with Crippen LogP contribution in [0.25, 0.3) is 0 Å². The average Bonchev–Trinajstić information content (AvgIpc) is 2.33. The summed E-state index contributed by atoms with van der Waals surface area (Å²) in [5.41, 5.74) is 0. The van der Waals surface area contributed by atoms with Crippen molar-refractivity contribution >= 4 is 19.3 Å². The molecular weight excluding hydrogens is 271 g/mol. The highest BCUT2D eigenvalue weighted by atomic mass is 31.2. The molecule has 0 fully saturated rings. The van der Waals surface area contributed by atoms with Gasteiger partial charge in [0.05, 0.1) is 6.10 Å². The molecule has 0 atom stereocenters. The fourth-order valence-corrected chi connectivity index (χ4v) is 2.41. The maximum absolute atomic E-state index is 11.7. The van der Waals surface area contributed by atoms with Crippen LogP contribution >= 0.6 is 7.60 Å². The zero-order valence-electron chi connectivity index (χ0n) is 12.0. The normalized spacial score (nSPS) is 11.6. The first-order valence-electron chi connectivity index (χ1n) is 6.24. The predicted octanol–water partition coefficient (Wildman–Crippen LogP) is 2.55. The molecule has 0 heterocycles. The summed E-state index contributed by atoms with van der Waals surface area (Å²) in [6.45, 7) is 3.57. The average molecular weight is 294 g/mol. The summed E-state index contributed by atoms with van der Waals surface area (Å²) in [6, 6.07) is 0. The molecule has 0 aromatic heterocycles. The number of carbonyl (C=O) groups excluding carboxylic acids is 2. The lowest BCUT2D eigenvalue weighted by molar-refractivity contribution is -0.147. The van der Waals surface area contributed by atoms with Gasteiger partial charge in [-0.25, -0.2) is 0 Å². The van der Waals surface area contributed by atoms with E-state index < -0.39 is 7.60 Å². The van der Waals surface area contributed by atoms with Crippen LogP contribution in [0.1, 0.15) is 39.5 Å². The fourth-order valence-electron chi connectivity index (χ4n) is 1.41. The van der Waals surface area contributed by atoms with Gasteiger partial charge in [0, 0.05) is 27.1 Å². The maximum atomic E-state index is 11.7. The van der Waals surface area contributed by atoms with Crippen LogP contribution in [0.5, 0.6) is 0 Å². The molecule has 112 valence electrons. The highest BCUT2D eigenvalue weighted by Gasteiger charge is 2.24. The van der Waals surface area contributed by atoms with Crippen molar-refractivity contribution < 1.29 is 27.9 Å². The molecule has 6 nitrogen and oxygen atoms in total. The molecule has 0 radical (unpaired) electrons. The van der Waals surface area contributed by atoms with Crippen LogP contribution in [0.2, 0.25) is 0 Å². The van der Waals surface area contributed by atoms with Gasteiger partial charge in [-0.1, -0.05) is 0 Å². The number of ketones is 1. The minimum atomic E-state index is -3.27. The first kappa shape index (κ1) is 18.3. The Morgan fingerprint density at radius 2 is 1.58 bits per heavy atom. The van der Waals surface area contributed by atoms with E-state index in [9.17, 15) is 14.2 Å². The van der Waals surface area contributed by atoms with Crippen molar-refractivity contribution in [1.82, 2.24) is 0 Å². The largest absolute Gasteiger partial charge is 0.463 e. The van der Waals surface area contributed by atoms with E-state index >= 15 is 0 Å². The fraction of sp³-hybridized carbons (Fsp3) is 0.833. The molecule has 0 saturated carbocycles. The Labute approximate surface area is 114 Å². The number of carbonyl (C=O) groups is 2. The summed E-state index contributed by atoms with van der Waals surface area (Å²) in [5, 5.41) is 0. The number of rotatable bonds is 10. The topological polar surface area (TPSA) is 78.9 Å². The molecule has 0 bridgehead atoms. The van der Waals surface area contributed by atoms with Gasteiger partial charge in [-0.05, 0) is 26.7 Å². The Kier molecular flexibility index (Phi) is 8.89. The Morgan fingerprint density at radius 3 is 2.05 bits per heavy atom. The molecular formula is C12H23O6P. The van der Waals surface area contributed by atoms with Crippen molar-refractivity contribution in [2.45, 2.75) is 45.6 Å². The second-order valence-corrected chi connectivity index (χ2v) is 6.69. The molecule has 0 N–H and O–H groups in total. The quantitative estimate of drug-likeness (QED) is 0.350. The van der Waals surface area contributed by atoms with E-state index in [0.717, 1.165) is 0 Å². The van der Waals surface area contributed by atoms with Gasteiger partial charge in [0.25, 0.3) is 0 Å². The number of hydrogen-bond acceptors (Lipinski definition) is 6. The molecule has 0 aliphatic rings. The Bertz CT molecular complexity index is 331. The smallest absolute Gasteiger partial charge is 0.337 e. The minimum absolute atomic E-state index is 0.122. The molecule has 0 saturated heterocycles. The van der Waals surface area contributed by atoms with Gasteiger partial charge in [-0.15, -0.1) is 0 Å². The van der Waals surface area contributed by atoms with E-state index in [2.05, 4.69) is 9.05 Å². The summed E-state index contributed by atoms with van der Waals surface area (Å²) < 4.78 is 26.0. The van der Waals surface area contributed by atoms with Crippen LogP contribution in [-0.4, -0.2) is 38.2 Å². The van der Waals surface area contributed by atoms with Crippen LogP contribution in [-0.2, 0) is 27.9 Å². The molecule has 0 aromatic rings. The van der Waals surface area contributed by atoms with Crippen LogP contribution in [0.4, 0.5) is 0 Å². The lowest BCUT2D eigenvalue weighted by atomic mass is 10.1. The first-order chi connectivity index (χ1) is 8.83. The van der Waals surface area contributed by atoms with Crippen molar-refractivity contribution in [3.8, 4) is 0 Å². The summed E-state index contributed by atoms with van der Waals surface area (Å²) in [5.74, 6) is -0.453. The third-order valence-electron chi connectivity index (χ3n) is 2.38. The van der Waals surface area contributed by atoms with Gasteiger partial charge >= 0.3 is 13.6 Å². The number of ether oxygens (including phenoxy) is 1. The summed E-state index contributed by atoms with van der Waals surface area (Å²) in [4.78, 5) is 22.8. The Balaban J connectivity index is 3.81. The van der Waals surface area contributed by atoms with E-state index in [1.165, 1.54) is 14.2 Å². The number of esters is 1. The van der Waals surface area contributed by atoms with Crippen LogP contribution < -0.4 is 0 Å². The number of unbranched alkanes of at least 4 members (excludes halogenated alkanes) is 1. The van der Waals surface area contributed by atoms with Crippen LogP contribution in [0.15, 0.2) is 0 Å². The highest BCUT2D eigenvalue weighted by molar-refractivity contribution is 7.54. The van der Waals surface area contributed by atoms with Crippen molar-refractivity contribution in [3.05, 3.63) is 0 Å². The molecule has 0 rings (SSSR count). The maximum Gasteiger partial charge on any atom is 0.337 e. The van der Waals surface area contributed by atoms with Gasteiger partial charge in [0.15, 0.2) is 0 Å². The zero-order valence-corrected chi connectivity index (χ0v) is 12.9. The predicted molar refractivity (Wildman–Crippen MR) is 71.2 cm³/mol. The van der Waals surface area contributed by atoms with Crippen LogP contribution in [0, 0.1) is 0 Å². The molecule has 0 spiro atoms. The molecule has 7 heteroatoms. The van der Waals surface area contributed by atoms with E-state index in [1.807, 2.05) is 0 Å². The standard InChI is InChI=1S/C12H23O6P/c1-10(2)18-12(14)8-6-5-7-11(13)9-19(15,16-3)17-4/h10H,5-9H2,1-4H3. The summed E-state index contributed by atoms with van der Waals surface area (Å²) in [6.07, 6.45) is 1.32. The SMILES string of the molecule is COP(=O)(CC(=O)CCCCC(=O)OC(C)C)OC. The Hall–Kier alpha value is -0.710. The second kappa shape index (κ2) is 9.23. The lowest BCUT2D eigenvalue weighted by Gasteiger charge is -2.12. The highest BCUT2D eigenvalue weighted by Crippen LogP contribution is 2.46. The lowest BCUT2D eigenvalue weighted by Crippen LogP contribution is -2.11. The Morgan fingerprint density at radius 1 is 1.05 bits per heavy atom. The van der Waals surface area contributed by atoms with Crippen LogP contribution in [0.3, 0.4) is 0 Å². The molecule has 0 aliphatic carbocycles. The number of hydrogen-bond donors (Lipinski definition) is 0. The third kappa shape index (κ3) is 8.92. The third-order valence-corrected chi connectivity index (χ3v) is 4.23. The second-order valence-electron chi connectivity index (χ2n) is 4.42. The minimum Gasteiger partial charge on any atom is -0.463 e. The van der Waals surface area contributed by atoms with E-state index in [-0.39, 0.29) is 36.9 Å². The van der Waals surface area contributed by atoms with Crippen molar-refractivity contribution in [2.24, 2.45) is 0 Å². The molecule has 19 heavy (non-hydrogen) atoms. The first-order valence-corrected chi connectivity index (χ1v) is 7.97. The van der Waals surface area contributed by atoms with Gasteiger partial charge < -0.3 is 13.8 Å².